The average molecular weight is 287 g/mol. The molecule has 0 radical (unpaired) electrons. The van der Waals surface area contributed by atoms with Crippen LogP contribution in [0.25, 0.3) is 11.4 Å². The number of piperidine rings is 1. The number of phenols is 1. The van der Waals surface area contributed by atoms with E-state index in [0.717, 1.165) is 30.6 Å². The first-order valence-electron chi connectivity index (χ1n) is 7.35. The average Bonchev–Trinajstić information content (AvgIpc) is 3.00. The van der Waals surface area contributed by atoms with Crippen LogP contribution < -0.4 is 10.6 Å². The first kappa shape index (κ1) is 13.9. The van der Waals surface area contributed by atoms with E-state index in [-0.39, 0.29) is 5.75 Å². The Kier molecular flexibility index (Phi) is 3.79. The molecule has 0 amide bonds. The molecule has 1 atom stereocenters. The molecule has 0 spiro atoms. The van der Waals surface area contributed by atoms with Crippen molar-refractivity contribution in [2.45, 2.75) is 19.8 Å². The molecule has 0 aliphatic carbocycles. The monoisotopic (exact) mass is 287 g/mol. The number of benzene rings is 1. The molecule has 6 nitrogen and oxygen atoms in total. The van der Waals surface area contributed by atoms with Gasteiger partial charge in [-0.25, -0.2) is 0 Å². The van der Waals surface area contributed by atoms with Gasteiger partial charge in [-0.05, 0) is 43.9 Å². The molecule has 3 rings (SSSR count). The topological polar surface area (TPSA) is 91.1 Å². The molecule has 112 valence electrons. The van der Waals surface area contributed by atoms with Gasteiger partial charge < -0.3 is 15.7 Å². The first-order valence-corrected chi connectivity index (χ1v) is 7.35. The van der Waals surface area contributed by atoms with E-state index in [1.165, 1.54) is 6.42 Å². The van der Waals surface area contributed by atoms with Gasteiger partial charge in [-0.1, -0.05) is 12.1 Å². The van der Waals surface area contributed by atoms with Gasteiger partial charge in [0.15, 0.2) is 5.82 Å². The lowest BCUT2D eigenvalue weighted by molar-refractivity contribution is 0.420. The van der Waals surface area contributed by atoms with Crippen LogP contribution in [-0.4, -0.2) is 39.9 Å². The van der Waals surface area contributed by atoms with Gasteiger partial charge in [0.05, 0.1) is 0 Å². The second-order valence-corrected chi connectivity index (χ2v) is 5.68. The summed E-state index contributed by atoms with van der Waals surface area (Å²) in [6.45, 7) is 4.45. The minimum absolute atomic E-state index is 0.270. The number of aromatic hydroxyl groups is 1. The zero-order valence-corrected chi connectivity index (χ0v) is 12.2. The van der Waals surface area contributed by atoms with E-state index in [1.807, 2.05) is 19.1 Å². The zero-order chi connectivity index (χ0) is 14.8. The van der Waals surface area contributed by atoms with E-state index in [1.54, 1.807) is 6.07 Å². The molecule has 1 fully saturated rings. The van der Waals surface area contributed by atoms with Crippen LogP contribution >= 0.6 is 0 Å². The van der Waals surface area contributed by atoms with E-state index in [4.69, 9.17) is 5.73 Å². The summed E-state index contributed by atoms with van der Waals surface area (Å²) >= 11 is 0. The minimum atomic E-state index is 0.270. The highest BCUT2D eigenvalue weighted by Crippen LogP contribution is 2.26. The fourth-order valence-corrected chi connectivity index (χ4v) is 2.72. The Morgan fingerprint density at radius 1 is 1.48 bits per heavy atom. The Morgan fingerprint density at radius 3 is 3.10 bits per heavy atom. The summed E-state index contributed by atoms with van der Waals surface area (Å²) in [7, 11) is 0. The second-order valence-electron chi connectivity index (χ2n) is 5.68. The number of hydrogen-bond donors (Lipinski definition) is 3. The summed E-state index contributed by atoms with van der Waals surface area (Å²) in [5.74, 6) is 2.18. The molecule has 1 aliphatic rings. The summed E-state index contributed by atoms with van der Waals surface area (Å²) in [5, 5.41) is 17.1. The number of nitrogens with two attached hydrogens (primary N) is 1. The van der Waals surface area contributed by atoms with Crippen LogP contribution in [0.1, 0.15) is 18.4 Å². The van der Waals surface area contributed by atoms with Gasteiger partial charge in [0.1, 0.15) is 5.75 Å². The molecule has 2 aromatic rings. The van der Waals surface area contributed by atoms with Crippen molar-refractivity contribution in [3.8, 4) is 17.1 Å². The second kappa shape index (κ2) is 5.73. The van der Waals surface area contributed by atoms with Crippen molar-refractivity contribution in [3.63, 3.8) is 0 Å². The number of H-pyrrole nitrogens is 1. The Hall–Kier alpha value is -2.08. The van der Waals surface area contributed by atoms with Crippen LogP contribution in [0.4, 0.5) is 5.95 Å². The lowest BCUT2D eigenvalue weighted by Crippen LogP contribution is -2.38. The predicted octanol–water partition coefficient (Wildman–Crippen LogP) is 1.66. The molecule has 0 bridgehead atoms. The molecular weight excluding hydrogens is 266 g/mol. The molecule has 1 aliphatic heterocycles. The van der Waals surface area contributed by atoms with Gasteiger partial charge in [0, 0.05) is 18.7 Å². The number of nitrogens with zero attached hydrogens (tertiary/aromatic N) is 3. The first-order chi connectivity index (χ1) is 10.2. The summed E-state index contributed by atoms with van der Waals surface area (Å²) in [5.41, 5.74) is 7.45. The quantitative estimate of drug-likeness (QED) is 0.798. The number of phenolic OH excluding ortho intramolecular Hbond substituents is 1. The molecule has 6 heteroatoms. The minimum Gasteiger partial charge on any atom is -0.508 e. The van der Waals surface area contributed by atoms with Gasteiger partial charge in [0.2, 0.25) is 5.95 Å². The van der Waals surface area contributed by atoms with Gasteiger partial charge in [0.25, 0.3) is 0 Å². The van der Waals surface area contributed by atoms with Crippen molar-refractivity contribution in [2.75, 3.05) is 24.5 Å². The molecular formula is C15H21N5O. The van der Waals surface area contributed by atoms with Gasteiger partial charge in [-0.2, -0.15) is 4.98 Å². The normalized spacial score (nSPS) is 19.0. The van der Waals surface area contributed by atoms with Crippen LogP contribution in [-0.2, 0) is 0 Å². The maximum Gasteiger partial charge on any atom is 0.245 e. The van der Waals surface area contributed by atoms with Crippen LogP contribution in [0.3, 0.4) is 0 Å². The summed E-state index contributed by atoms with van der Waals surface area (Å²) < 4.78 is 0. The molecule has 4 N–H and O–H groups in total. The van der Waals surface area contributed by atoms with E-state index in [2.05, 4.69) is 20.1 Å². The highest BCUT2D eigenvalue weighted by molar-refractivity contribution is 5.60. The Morgan fingerprint density at radius 2 is 2.33 bits per heavy atom. The third-order valence-corrected chi connectivity index (χ3v) is 4.09. The number of anilines is 1. The van der Waals surface area contributed by atoms with Gasteiger partial charge >= 0.3 is 0 Å². The number of rotatable bonds is 3. The smallest absolute Gasteiger partial charge is 0.245 e. The molecule has 1 unspecified atom stereocenters. The molecule has 2 heterocycles. The number of nitrogens with one attached hydrogen (secondary N) is 1. The fraction of sp³-hybridized carbons (Fsp3) is 0.467. The highest BCUT2D eigenvalue weighted by Gasteiger charge is 2.22. The van der Waals surface area contributed by atoms with Crippen LogP contribution in [0.2, 0.25) is 0 Å². The summed E-state index contributed by atoms with van der Waals surface area (Å²) in [6, 6.07) is 5.51. The van der Waals surface area contributed by atoms with Crippen LogP contribution in [0.5, 0.6) is 5.75 Å². The SMILES string of the molecule is Cc1ccc(-c2nc(N3CCCC(CN)C3)n[nH]2)cc1O. The lowest BCUT2D eigenvalue weighted by atomic mass is 9.99. The van der Waals surface area contributed by atoms with Crippen LogP contribution in [0.15, 0.2) is 18.2 Å². The Balaban J connectivity index is 1.81. The van der Waals surface area contributed by atoms with Gasteiger partial charge in [-0.3, -0.25) is 5.10 Å². The van der Waals surface area contributed by atoms with Gasteiger partial charge in [-0.15, -0.1) is 5.10 Å². The van der Waals surface area contributed by atoms with Crippen molar-refractivity contribution >= 4 is 5.95 Å². The maximum absolute atomic E-state index is 9.80. The lowest BCUT2D eigenvalue weighted by Gasteiger charge is -2.31. The van der Waals surface area contributed by atoms with Crippen LogP contribution in [0, 0.1) is 12.8 Å². The largest absolute Gasteiger partial charge is 0.508 e. The van der Waals surface area contributed by atoms with Crippen molar-refractivity contribution in [1.82, 2.24) is 15.2 Å². The van der Waals surface area contributed by atoms with E-state index < -0.39 is 0 Å². The van der Waals surface area contributed by atoms with E-state index in [9.17, 15) is 5.11 Å². The number of aryl methyl sites for hydroxylation is 1. The van der Waals surface area contributed by atoms with Crippen molar-refractivity contribution < 1.29 is 5.11 Å². The fourth-order valence-electron chi connectivity index (χ4n) is 2.72. The standard InChI is InChI=1S/C15H21N5O/c1-10-4-5-12(7-13(10)21)14-17-15(19-18-14)20-6-2-3-11(8-16)9-20/h4-5,7,11,21H,2-3,6,8-9,16H2,1H3,(H,17,18,19). The van der Waals surface area contributed by atoms with Crippen molar-refractivity contribution in [1.29, 1.82) is 0 Å². The molecule has 21 heavy (non-hydrogen) atoms. The number of aromatic nitrogens is 3. The number of aromatic amines is 1. The van der Waals surface area contributed by atoms with E-state index >= 15 is 0 Å². The molecule has 1 aromatic carbocycles. The number of hydrogen-bond acceptors (Lipinski definition) is 5. The molecule has 1 aromatic heterocycles. The summed E-state index contributed by atoms with van der Waals surface area (Å²) in [4.78, 5) is 6.73. The maximum atomic E-state index is 9.80. The zero-order valence-electron chi connectivity index (χ0n) is 12.2. The predicted molar refractivity (Wildman–Crippen MR) is 82.2 cm³/mol. The highest BCUT2D eigenvalue weighted by atomic mass is 16.3. The Labute approximate surface area is 124 Å². The van der Waals surface area contributed by atoms with E-state index in [0.29, 0.717) is 24.2 Å². The third-order valence-electron chi connectivity index (χ3n) is 4.09. The third kappa shape index (κ3) is 2.85. The van der Waals surface area contributed by atoms with Crippen molar-refractivity contribution in [2.24, 2.45) is 11.7 Å². The molecule has 0 saturated carbocycles. The molecule has 1 saturated heterocycles. The summed E-state index contributed by atoms with van der Waals surface area (Å²) in [6.07, 6.45) is 2.30. The van der Waals surface area contributed by atoms with Crippen molar-refractivity contribution in [3.05, 3.63) is 23.8 Å². The Bertz CT molecular complexity index is 624.